The van der Waals surface area contributed by atoms with Gasteiger partial charge in [0, 0.05) is 10.4 Å². The van der Waals surface area contributed by atoms with Crippen LogP contribution in [0, 0.1) is 5.82 Å². The standard InChI is InChI=1S/C22H19FN2O3S/c23-17-8-10-18(11-9-17)28-13-12-24-22(27)20(15-19-7-4-14-29-19)25-21(26)16-5-2-1-3-6-16/h1-11,14-15H,12-13H2,(H,24,27)(H,25,26)/b20-15-. The van der Waals surface area contributed by atoms with E-state index in [1.807, 2.05) is 23.6 Å². The van der Waals surface area contributed by atoms with Gasteiger partial charge in [-0.3, -0.25) is 9.59 Å². The van der Waals surface area contributed by atoms with Crippen LogP contribution in [0.1, 0.15) is 15.2 Å². The van der Waals surface area contributed by atoms with Gasteiger partial charge in [0.1, 0.15) is 23.9 Å². The Morgan fingerprint density at radius 2 is 1.76 bits per heavy atom. The number of ether oxygens (including phenoxy) is 1. The summed E-state index contributed by atoms with van der Waals surface area (Å²) < 4.78 is 18.4. The number of carbonyl (C=O) groups is 2. The van der Waals surface area contributed by atoms with Gasteiger partial charge in [-0.1, -0.05) is 24.3 Å². The number of carbonyl (C=O) groups excluding carboxylic acids is 2. The van der Waals surface area contributed by atoms with Crippen LogP contribution in [-0.2, 0) is 4.79 Å². The molecule has 0 atom stereocenters. The number of rotatable bonds is 8. The lowest BCUT2D eigenvalue weighted by molar-refractivity contribution is -0.117. The molecule has 7 heteroatoms. The lowest BCUT2D eigenvalue weighted by Crippen LogP contribution is -2.36. The predicted octanol–water partition coefficient (Wildman–Crippen LogP) is 3.85. The van der Waals surface area contributed by atoms with E-state index in [0.717, 1.165) is 4.88 Å². The van der Waals surface area contributed by atoms with Gasteiger partial charge >= 0.3 is 0 Å². The molecule has 0 bridgehead atoms. The monoisotopic (exact) mass is 410 g/mol. The van der Waals surface area contributed by atoms with Crippen LogP contribution in [0.25, 0.3) is 6.08 Å². The van der Waals surface area contributed by atoms with Gasteiger partial charge in [-0.15, -0.1) is 11.3 Å². The summed E-state index contributed by atoms with van der Waals surface area (Å²) in [6.07, 6.45) is 1.63. The van der Waals surface area contributed by atoms with E-state index in [4.69, 9.17) is 4.74 Å². The molecule has 0 spiro atoms. The van der Waals surface area contributed by atoms with Crippen molar-refractivity contribution < 1.29 is 18.7 Å². The van der Waals surface area contributed by atoms with Crippen LogP contribution in [0.5, 0.6) is 5.75 Å². The van der Waals surface area contributed by atoms with Gasteiger partial charge in [-0.2, -0.15) is 0 Å². The first-order valence-corrected chi connectivity index (χ1v) is 9.78. The van der Waals surface area contributed by atoms with E-state index in [1.165, 1.54) is 35.6 Å². The minimum Gasteiger partial charge on any atom is -0.492 e. The van der Waals surface area contributed by atoms with Gasteiger partial charge in [0.05, 0.1) is 6.54 Å². The van der Waals surface area contributed by atoms with Crippen LogP contribution >= 0.6 is 11.3 Å². The molecule has 0 fully saturated rings. The van der Waals surface area contributed by atoms with Crippen LogP contribution in [0.15, 0.2) is 77.8 Å². The molecule has 0 aliphatic carbocycles. The number of hydrogen-bond donors (Lipinski definition) is 2. The molecule has 5 nitrogen and oxygen atoms in total. The van der Waals surface area contributed by atoms with E-state index in [0.29, 0.717) is 11.3 Å². The molecule has 1 aromatic heterocycles. The average Bonchev–Trinajstić information content (AvgIpc) is 3.25. The minimum atomic E-state index is -0.426. The summed E-state index contributed by atoms with van der Waals surface area (Å²) in [6, 6.07) is 18.0. The highest BCUT2D eigenvalue weighted by atomic mass is 32.1. The SMILES string of the molecule is O=C(NCCOc1ccc(F)cc1)/C(=C/c1cccs1)NC(=O)c1ccccc1. The van der Waals surface area contributed by atoms with Gasteiger partial charge in [0.2, 0.25) is 0 Å². The molecule has 1 heterocycles. The smallest absolute Gasteiger partial charge is 0.267 e. The first-order chi connectivity index (χ1) is 14.1. The summed E-state index contributed by atoms with van der Waals surface area (Å²) in [5, 5.41) is 7.27. The van der Waals surface area contributed by atoms with Crippen molar-refractivity contribution in [1.82, 2.24) is 10.6 Å². The van der Waals surface area contributed by atoms with Gasteiger partial charge in [0.25, 0.3) is 11.8 Å². The number of amides is 2. The molecule has 2 aromatic carbocycles. The molecule has 2 amide bonds. The molecular weight excluding hydrogens is 391 g/mol. The van der Waals surface area contributed by atoms with Crippen molar-refractivity contribution in [2.75, 3.05) is 13.2 Å². The minimum absolute atomic E-state index is 0.142. The molecular formula is C22H19FN2O3S. The van der Waals surface area contributed by atoms with E-state index in [1.54, 1.807) is 30.3 Å². The van der Waals surface area contributed by atoms with Crippen LogP contribution < -0.4 is 15.4 Å². The molecule has 0 saturated carbocycles. The van der Waals surface area contributed by atoms with E-state index < -0.39 is 5.91 Å². The molecule has 29 heavy (non-hydrogen) atoms. The fourth-order valence-corrected chi connectivity index (χ4v) is 3.07. The zero-order valence-electron chi connectivity index (χ0n) is 15.4. The van der Waals surface area contributed by atoms with Crippen molar-refractivity contribution in [3.63, 3.8) is 0 Å². The van der Waals surface area contributed by atoms with Crippen molar-refractivity contribution >= 4 is 29.2 Å². The second kappa shape index (κ2) is 10.2. The summed E-state index contributed by atoms with van der Waals surface area (Å²) in [6.45, 7) is 0.426. The third-order valence-electron chi connectivity index (χ3n) is 3.83. The summed E-state index contributed by atoms with van der Waals surface area (Å²) in [7, 11) is 0. The maximum atomic E-state index is 12.9. The van der Waals surface area contributed by atoms with Crippen LogP contribution in [-0.4, -0.2) is 25.0 Å². The quantitative estimate of drug-likeness (QED) is 0.438. The molecule has 0 radical (unpaired) electrons. The maximum Gasteiger partial charge on any atom is 0.267 e. The molecule has 148 valence electrons. The number of nitrogens with one attached hydrogen (secondary N) is 2. The highest BCUT2D eigenvalue weighted by Crippen LogP contribution is 2.13. The Bertz CT molecular complexity index is 971. The zero-order chi connectivity index (χ0) is 20.5. The Balaban J connectivity index is 1.60. The first kappa shape index (κ1) is 20.3. The highest BCUT2D eigenvalue weighted by molar-refractivity contribution is 7.10. The number of benzene rings is 2. The normalized spacial score (nSPS) is 11.0. The van der Waals surface area contributed by atoms with Crippen molar-refractivity contribution in [2.24, 2.45) is 0 Å². The Morgan fingerprint density at radius 1 is 1.00 bits per heavy atom. The fraction of sp³-hybridized carbons (Fsp3) is 0.0909. The van der Waals surface area contributed by atoms with Crippen LogP contribution in [0.4, 0.5) is 4.39 Å². The summed E-state index contributed by atoms with van der Waals surface area (Å²) in [5.74, 6) is -0.632. The summed E-state index contributed by atoms with van der Waals surface area (Å²) in [4.78, 5) is 25.9. The largest absolute Gasteiger partial charge is 0.492 e. The molecule has 0 unspecified atom stereocenters. The van der Waals surface area contributed by atoms with Crippen molar-refractivity contribution in [2.45, 2.75) is 0 Å². The molecule has 0 saturated heterocycles. The number of hydrogen-bond acceptors (Lipinski definition) is 4. The molecule has 3 aromatic rings. The molecule has 2 N–H and O–H groups in total. The van der Waals surface area contributed by atoms with Crippen LogP contribution in [0.2, 0.25) is 0 Å². The average molecular weight is 410 g/mol. The van der Waals surface area contributed by atoms with E-state index in [2.05, 4.69) is 10.6 Å². The predicted molar refractivity (Wildman–Crippen MR) is 111 cm³/mol. The second-order valence-electron chi connectivity index (χ2n) is 5.95. The Hall–Kier alpha value is -3.45. The van der Waals surface area contributed by atoms with Gasteiger partial charge in [0.15, 0.2) is 0 Å². The second-order valence-corrected chi connectivity index (χ2v) is 6.93. The van der Waals surface area contributed by atoms with E-state index in [9.17, 15) is 14.0 Å². The van der Waals surface area contributed by atoms with E-state index in [-0.39, 0.29) is 30.6 Å². The molecule has 3 rings (SSSR count). The van der Waals surface area contributed by atoms with Crippen molar-refractivity contribution in [3.8, 4) is 5.75 Å². The Kier molecular flexibility index (Phi) is 7.13. The fourth-order valence-electron chi connectivity index (χ4n) is 2.42. The number of thiophene rings is 1. The third kappa shape index (κ3) is 6.29. The Labute approximate surface area is 171 Å². The zero-order valence-corrected chi connectivity index (χ0v) is 16.2. The third-order valence-corrected chi connectivity index (χ3v) is 4.65. The van der Waals surface area contributed by atoms with Gasteiger partial charge in [-0.05, 0) is 53.9 Å². The summed E-state index contributed by atoms with van der Waals surface area (Å²) >= 11 is 1.46. The first-order valence-electron chi connectivity index (χ1n) is 8.90. The van der Waals surface area contributed by atoms with Crippen molar-refractivity contribution in [3.05, 3.63) is 94.1 Å². The Morgan fingerprint density at radius 3 is 2.45 bits per heavy atom. The maximum absolute atomic E-state index is 12.9. The lowest BCUT2D eigenvalue weighted by atomic mass is 10.2. The van der Waals surface area contributed by atoms with Gasteiger partial charge < -0.3 is 15.4 Å². The number of halogens is 1. The van der Waals surface area contributed by atoms with Crippen LogP contribution in [0.3, 0.4) is 0 Å². The molecule has 0 aliphatic heterocycles. The topological polar surface area (TPSA) is 67.4 Å². The highest BCUT2D eigenvalue weighted by Gasteiger charge is 2.14. The molecule has 0 aliphatic rings. The van der Waals surface area contributed by atoms with Gasteiger partial charge in [-0.25, -0.2) is 4.39 Å². The van der Waals surface area contributed by atoms with Crippen molar-refractivity contribution in [1.29, 1.82) is 0 Å². The van der Waals surface area contributed by atoms with E-state index >= 15 is 0 Å². The summed E-state index contributed by atoms with van der Waals surface area (Å²) in [5.41, 5.74) is 0.597. The lowest BCUT2D eigenvalue weighted by Gasteiger charge is -2.11.